The van der Waals surface area contributed by atoms with Crippen LogP contribution in [-0.4, -0.2) is 12.1 Å². The quantitative estimate of drug-likeness (QED) is 0.458. The minimum absolute atomic E-state index is 0.372. The first-order chi connectivity index (χ1) is 12.0. The molecule has 0 saturated heterocycles. The first kappa shape index (κ1) is 17.5. The molecule has 0 atom stereocenters. The van der Waals surface area contributed by atoms with E-state index in [1.165, 1.54) is 6.21 Å². The average Bonchev–Trinajstić information content (AvgIpc) is 3.06. The summed E-state index contributed by atoms with van der Waals surface area (Å²) in [5, 5.41) is 5.21. The highest BCUT2D eigenvalue weighted by atomic mass is 35.5. The minimum Gasteiger partial charge on any atom is -0.455 e. The molecule has 0 aliphatic heterocycles. The summed E-state index contributed by atoms with van der Waals surface area (Å²) < 4.78 is 5.65. The number of carbonyl (C=O) groups is 1. The molecule has 0 saturated carbocycles. The second-order valence-electron chi connectivity index (χ2n) is 5.01. The summed E-state index contributed by atoms with van der Waals surface area (Å²) in [7, 11) is 0. The molecule has 7 heteroatoms. The van der Waals surface area contributed by atoms with Gasteiger partial charge in [-0.15, -0.1) is 0 Å². The van der Waals surface area contributed by atoms with E-state index in [4.69, 9.17) is 39.2 Å². The van der Waals surface area contributed by atoms with Crippen LogP contribution in [0.1, 0.15) is 16.1 Å². The maximum absolute atomic E-state index is 11.9. The van der Waals surface area contributed by atoms with Crippen molar-refractivity contribution in [2.45, 2.75) is 0 Å². The van der Waals surface area contributed by atoms with Crippen molar-refractivity contribution < 1.29 is 9.21 Å². The number of furan rings is 1. The van der Waals surface area contributed by atoms with Gasteiger partial charge in [-0.1, -0.05) is 46.9 Å². The van der Waals surface area contributed by atoms with Gasteiger partial charge in [0, 0.05) is 16.1 Å². The first-order valence-corrected chi connectivity index (χ1v) is 8.31. The van der Waals surface area contributed by atoms with Gasteiger partial charge < -0.3 is 4.42 Å². The summed E-state index contributed by atoms with van der Waals surface area (Å²) >= 11 is 18.0. The van der Waals surface area contributed by atoms with Crippen molar-refractivity contribution in [2.75, 3.05) is 0 Å². The normalized spacial score (nSPS) is 11.0. The molecule has 0 fully saturated rings. The molecule has 0 spiro atoms. The predicted molar refractivity (Wildman–Crippen MR) is 101 cm³/mol. The number of hydrogen-bond donors (Lipinski definition) is 1. The Morgan fingerprint density at radius 1 is 1.04 bits per heavy atom. The number of benzene rings is 2. The largest absolute Gasteiger partial charge is 0.455 e. The maximum atomic E-state index is 11.9. The van der Waals surface area contributed by atoms with E-state index in [0.29, 0.717) is 37.7 Å². The van der Waals surface area contributed by atoms with E-state index in [1.54, 1.807) is 54.6 Å². The number of amides is 1. The summed E-state index contributed by atoms with van der Waals surface area (Å²) in [6.45, 7) is 0. The van der Waals surface area contributed by atoms with Crippen LogP contribution < -0.4 is 5.43 Å². The van der Waals surface area contributed by atoms with Crippen LogP contribution in [0.15, 0.2) is 64.1 Å². The van der Waals surface area contributed by atoms with E-state index in [0.717, 1.165) is 0 Å². The molecular weight excluding hydrogens is 383 g/mol. The van der Waals surface area contributed by atoms with E-state index >= 15 is 0 Å². The molecule has 3 rings (SSSR count). The summed E-state index contributed by atoms with van der Waals surface area (Å²) in [4.78, 5) is 11.9. The third-order valence-electron chi connectivity index (χ3n) is 3.29. The smallest absolute Gasteiger partial charge is 0.271 e. The Bertz CT molecular complexity index is 951. The van der Waals surface area contributed by atoms with Crippen LogP contribution in [0.25, 0.3) is 11.3 Å². The molecule has 0 aliphatic rings. The van der Waals surface area contributed by atoms with Gasteiger partial charge in [0.15, 0.2) is 0 Å². The lowest BCUT2D eigenvalue weighted by Gasteiger charge is -2.02. The molecule has 2 aromatic carbocycles. The fourth-order valence-corrected chi connectivity index (χ4v) is 2.69. The van der Waals surface area contributed by atoms with Crippen LogP contribution in [0.5, 0.6) is 0 Å². The van der Waals surface area contributed by atoms with Crippen molar-refractivity contribution in [2.24, 2.45) is 5.10 Å². The monoisotopic (exact) mass is 392 g/mol. The molecular formula is C18H11Cl3N2O2. The van der Waals surface area contributed by atoms with E-state index in [1.807, 2.05) is 0 Å². The van der Waals surface area contributed by atoms with E-state index in [9.17, 15) is 4.79 Å². The molecule has 0 radical (unpaired) electrons. The van der Waals surface area contributed by atoms with Crippen LogP contribution in [0.4, 0.5) is 0 Å². The van der Waals surface area contributed by atoms with E-state index in [-0.39, 0.29) is 5.91 Å². The lowest BCUT2D eigenvalue weighted by Crippen LogP contribution is -2.17. The van der Waals surface area contributed by atoms with E-state index < -0.39 is 0 Å². The Morgan fingerprint density at radius 3 is 2.64 bits per heavy atom. The number of hydrogen-bond acceptors (Lipinski definition) is 3. The minimum atomic E-state index is -0.372. The molecule has 1 aromatic heterocycles. The highest BCUT2D eigenvalue weighted by Crippen LogP contribution is 2.34. The van der Waals surface area contributed by atoms with Crippen molar-refractivity contribution in [1.29, 1.82) is 0 Å². The Balaban J connectivity index is 1.70. The topological polar surface area (TPSA) is 54.6 Å². The number of nitrogens with zero attached hydrogens (tertiary/aromatic N) is 1. The SMILES string of the molecule is O=C(N/N=C\c1ccc(-c2cccc(Cl)c2Cl)o1)c1cccc(Cl)c1. The summed E-state index contributed by atoms with van der Waals surface area (Å²) in [6, 6.07) is 15.3. The lowest BCUT2D eigenvalue weighted by molar-refractivity contribution is 0.0955. The molecule has 1 N–H and O–H groups in total. The molecule has 3 aromatic rings. The number of rotatable bonds is 4. The van der Waals surface area contributed by atoms with Crippen molar-refractivity contribution in [3.63, 3.8) is 0 Å². The molecule has 4 nitrogen and oxygen atoms in total. The molecule has 126 valence electrons. The summed E-state index contributed by atoms with van der Waals surface area (Å²) in [6.07, 6.45) is 1.39. The second kappa shape index (κ2) is 7.74. The predicted octanol–water partition coefficient (Wildman–Crippen LogP) is 5.67. The number of nitrogens with one attached hydrogen (secondary N) is 1. The van der Waals surface area contributed by atoms with Gasteiger partial charge in [-0.2, -0.15) is 5.10 Å². The molecule has 0 bridgehead atoms. The van der Waals surface area contributed by atoms with Crippen LogP contribution in [0, 0.1) is 0 Å². The number of carbonyl (C=O) groups excluding carboxylic acids is 1. The lowest BCUT2D eigenvalue weighted by atomic mass is 10.2. The van der Waals surface area contributed by atoms with Gasteiger partial charge in [0.05, 0.1) is 16.3 Å². The van der Waals surface area contributed by atoms with Crippen LogP contribution in [-0.2, 0) is 0 Å². The zero-order valence-electron chi connectivity index (χ0n) is 12.7. The van der Waals surface area contributed by atoms with Crippen molar-refractivity contribution >= 4 is 46.9 Å². The van der Waals surface area contributed by atoms with Gasteiger partial charge in [-0.05, 0) is 42.5 Å². The number of halogens is 3. The Morgan fingerprint density at radius 2 is 1.84 bits per heavy atom. The van der Waals surface area contributed by atoms with Gasteiger partial charge in [0.2, 0.25) is 0 Å². The fourth-order valence-electron chi connectivity index (χ4n) is 2.11. The maximum Gasteiger partial charge on any atom is 0.271 e. The molecule has 0 aliphatic carbocycles. The first-order valence-electron chi connectivity index (χ1n) is 7.18. The zero-order chi connectivity index (χ0) is 17.8. The number of hydrazone groups is 1. The fraction of sp³-hybridized carbons (Fsp3) is 0. The third kappa shape index (κ3) is 4.23. The molecule has 0 unspecified atom stereocenters. The van der Waals surface area contributed by atoms with Crippen LogP contribution in [0.3, 0.4) is 0 Å². The molecule has 25 heavy (non-hydrogen) atoms. The van der Waals surface area contributed by atoms with Crippen molar-refractivity contribution in [1.82, 2.24) is 5.43 Å². The van der Waals surface area contributed by atoms with Gasteiger partial charge in [-0.25, -0.2) is 5.43 Å². The van der Waals surface area contributed by atoms with E-state index in [2.05, 4.69) is 10.5 Å². The zero-order valence-corrected chi connectivity index (χ0v) is 14.9. The van der Waals surface area contributed by atoms with Crippen molar-refractivity contribution in [3.05, 3.63) is 81.0 Å². The summed E-state index contributed by atoms with van der Waals surface area (Å²) in [5.41, 5.74) is 3.50. The van der Waals surface area contributed by atoms with Crippen LogP contribution in [0.2, 0.25) is 15.1 Å². The highest BCUT2D eigenvalue weighted by Gasteiger charge is 2.10. The average molecular weight is 394 g/mol. The Hall–Kier alpha value is -2.27. The molecule has 1 heterocycles. The Kier molecular flexibility index (Phi) is 5.43. The highest BCUT2D eigenvalue weighted by molar-refractivity contribution is 6.43. The standard InChI is InChI=1S/C18H11Cl3N2O2/c19-12-4-1-3-11(9-12)18(24)23-22-10-13-7-8-16(25-13)14-5-2-6-15(20)17(14)21/h1-10H,(H,23,24)/b22-10-. The van der Waals surface area contributed by atoms with Gasteiger partial charge >= 0.3 is 0 Å². The second-order valence-corrected chi connectivity index (χ2v) is 6.23. The molecule has 1 amide bonds. The van der Waals surface area contributed by atoms with Gasteiger partial charge in [0.1, 0.15) is 11.5 Å². The van der Waals surface area contributed by atoms with Gasteiger partial charge in [0.25, 0.3) is 5.91 Å². The summed E-state index contributed by atoms with van der Waals surface area (Å²) in [5.74, 6) is 0.635. The van der Waals surface area contributed by atoms with Crippen molar-refractivity contribution in [3.8, 4) is 11.3 Å². The van der Waals surface area contributed by atoms with Gasteiger partial charge in [-0.3, -0.25) is 4.79 Å². The Labute approximate surface area is 159 Å². The van der Waals surface area contributed by atoms with Crippen LogP contribution >= 0.6 is 34.8 Å². The third-order valence-corrected chi connectivity index (χ3v) is 4.34.